The Bertz CT molecular complexity index is 783. The molecule has 0 N–H and O–H groups in total. The molecule has 0 aliphatic carbocycles. The van der Waals surface area contributed by atoms with E-state index in [2.05, 4.69) is 0 Å². The van der Waals surface area contributed by atoms with Crippen LogP contribution in [0.5, 0.6) is 11.5 Å². The molecule has 114 valence electrons. The van der Waals surface area contributed by atoms with Gasteiger partial charge in [-0.25, -0.2) is 4.39 Å². The molecule has 0 spiro atoms. The molecule has 0 radical (unpaired) electrons. The lowest BCUT2D eigenvalue weighted by Crippen LogP contribution is -1.98. The first kappa shape index (κ1) is 16.1. The Morgan fingerprint density at radius 2 is 1.78 bits per heavy atom. The third-order valence-corrected chi connectivity index (χ3v) is 3.05. The molecule has 0 bridgehead atoms. The van der Waals surface area contributed by atoms with E-state index in [1.807, 2.05) is 0 Å². The number of benzene rings is 2. The number of hydrogen-bond acceptors (Lipinski definition) is 4. The van der Waals surface area contributed by atoms with Gasteiger partial charge in [-0.2, -0.15) is 10.5 Å². The molecule has 0 saturated carbocycles. The van der Waals surface area contributed by atoms with Crippen LogP contribution in [-0.4, -0.2) is 7.11 Å². The van der Waals surface area contributed by atoms with Crippen molar-refractivity contribution >= 4 is 6.08 Å². The van der Waals surface area contributed by atoms with E-state index in [9.17, 15) is 4.39 Å². The van der Waals surface area contributed by atoms with Crippen LogP contribution in [0.15, 0.2) is 48.0 Å². The van der Waals surface area contributed by atoms with Gasteiger partial charge in [-0.3, -0.25) is 0 Å². The zero-order chi connectivity index (χ0) is 16.7. The van der Waals surface area contributed by atoms with Gasteiger partial charge in [0.2, 0.25) is 0 Å². The van der Waals surface area contributed by atoms with E-state index in [1.165, 1.54) is 25.3 Å². The van der Waals surface area contributed by atoms with Crippen LogP contribution in [0.2, 0.25) is 0 Å². The molecule has 0 aromatic heterocycles. The largest absolute Gasteiger partial charge is 0.493 e. The van der Waals surface area contributed by atoms with Gasteiger partial charge < -0.3 is 9.47 Å². The molecule has 0 atom stereocenters. The fourth-order valence-electron chi connectivity index (χ4n) is 1.89. The Morgan fingerprint density at radius 3 is 2.39 bits per heavy atom. The molecule has 0 aliphatic rings. The van der Waals surface area contributed by atoms with Crippen molar-refractivity contribution in [2.75, 3.05) is 7.11 Å². The first-order chi connectivity index (χ1) is 11.2. The summed E-state index contributed by atoms with van der Waals surface area (Å²) in [5.41, 5.74) is 1.50. The highest BCUT2D eigenvalue weighted by molar-refractivity contribution is 5.64. The van der Waals surface area contributed by atoms with Crippen molar-refractivity contribution < 1.29 is 13.9 Å². The SMILES string of the molecule is COc1cc(C=C(C#N)C#N)ccc1OCc1ccc(F)cc1. The van der Waals surface area contributed by atoms with E-state index in [1.54, 1.807) is 42.5 Å². The van der Waals surface area contributed by atoms with Crippen LogP contribution in [-0.2, 0) is 6.61 Å². The molecular formula is C18H13FN2O2. The Kier molecular flexibility index (Phi) is 5.33. The highest BCUT2D eigenvalue weighted by Crippen LogP contribution is 2.29. The number of rotatable bonds is 5. The van der Waals surface area contributed by atoms with Crippen molar-refractivity contribution in [2.45, 2.75) is 6.61 Å². The molecule has 0 unspecified atom stereocenters. The highest BCUT2D eigenvalue weighted by atomic mass is 19.1. The second kappa shape index (κ2) is 7.63. The molecule has 23 heavy (non-hydrogen) atoms. The van der Waals surface area contributed by atoms with Crippen LogP contribution in [0.4, 0.5) is 4.39 Å². The predicted octanol–water partition coefficient (Wildman–Crippen LogP) is 3.84. The van der Waals surface area contributed by atoms with E-state index in [4.69, 9.17) is 20.0 Å². The number of nitriles is 2. The van der Waals surface area contributed by atoms with Gasteiger partial charge in [0, 0.05) is 0 Å². The molecule has 0 amide bonds. The Morgan fingerprint density at radius 1 is 1.09 bits per heavy atom. The highest BCUT2D eigenvalue weighted by Gasteiger charge is 2.06. The monoisotopic (exact) mass is 308 g/mol. The number of nitrogens with zero attached hydrogens (tertiary/aromatic N) is 2. The van der Waals surface area contributed by atoms with Crippen molar-refractivity contribution in [3.63, 3.8) is 0 Å². The van der Waals surface area contributed by atoms with Crippen molar-refractivity contribution in [1.29, 1.82) is 10.5 Å². The van der Waals surface area contributed by atoms with Gasteiger partial charge in [-0.15, -0.1) is 0 Å². The molecule has 2 aromatic rings. The van der Waals surface area contributed by atoms with Gasteiger partial charge in [0.15, 0.2) is 11.5 Å². The number of allylic oxidation sites excluding steroid dienone is 1. The summed E-state index contributed by atoms with van der Waals surface area (Å²) >= 11 is 0. The first-order valence-electron chi connectivity index (χ1n) is 6.73. The van der Waals surface area contributed by atoms with Crippen LogP contribution in [0.25, 0.3) is 6.08 Å². The lowest BCUT2D eigenvalue weighted by Gasteiger charge is -2.11. The maximum Gasteiger partial charge on any atom is 0.161 e. The van der Waals surface area contributed by atoms with E-state index in [-0.39, 0.29) is 18.0 Å². The van der Waals surface area contributed by atoms with Gasteiger partial charge in [0.1, 0.15) is 30.1 Å². The maximum atomic E-state index is 12.9. The van der Waals surface area contributed by atoms with Crippen molar-refractivity contribution in [2.24, 2.45) is 0 Å². The molecule has 0 saturated heterocycles. The normalized spacial score (nSPS) is 9.39. The summed E-state index contributed by atoms with van der Waals surface area (Å²) in [6.45, 7) is 0.271. The molecule has 0 fully saturated rings. The summed E-state index contributed by atoms with van der Waals surface area (Å²) in [5, 5.41) is 17.5. The van der Waals surface area contributed by atoms with Crippen molar-refractivity contribution in [1.82, 2.24) is 0 Å². The summed E-state index contributed by atoms with van der Waals surface area (Å²) in [4.78, 5) is 0. The summed E-state index contributed by atoms with van der Waals surface area (Å²) < 4.78 is 23.8. The molecule has 4 nitrogen and oxygen atoms in total. The predicted molar refractivity (Wildman–Crippen MR) is 82.9 cm³/mol. The summed E-state index contributed by atoms with van der Waals surface area (Å²) in [6, 6.07) is 14.7. The summed E-state index contributed by atoms with van der Waals surface area (Å²) in [7, 11) is 1.50. The van der Waals surface area contributed by atoms with Gasteiger partial charge >= 0.3 is 0 Å². The smallest absolute Gasteiger partial charge is 0.161 e. The van der Waals surface area contributed by atoms with E-state index in [0.29, 0.717) is 17.1 Å². The Hall–Kier alpha value is -3.31. The fraction of sp³-hybridized carbons (Fsp3) is 0.111. The molecular weight excluding hydrogens is 295 g/mol. The Balaban J connectivity index is 2.17. The van der Waals surface area contributed by atoms with Crippen LogP contribution >= 0.6 is 0 Å². The average Bonchev–Trinajstić information content (AvgIpc) is 2.59. The van der Waals surface area contributed by atoms with Crippen LogP contribution in [0.3, 0.4) is 0 Å². The molecule has 0 aliphatic heterocycles. The van der Waals surface area contributed by atoms with Gasteiger partial charge in [0.05, 0.1) is 7.11 Å². The fourth-order valence-corrected chi connectivity index (χ4v) is 1.89. The van der Waals surface area contributed by atoms with Crippen molar-refractivity contribution in [3.05, 3.63) is 65.0 Å². The minimum atomic E-state index is -0.298. The maximum absolute atomic E-state index is 12.9. The lowest BCUT2D eigenvalue weighted by molar-refractivity contribution is 0.284. The number of hydrogen-bond donors (Lipinski definition) is 0. The average molecular weight is 308 g/mol. The standard InChI is InChI=1S/C18H13FN2O2/c1-22-18-9-14(8-15(10-20)11-21)4-7-17(18)23-12-13-2-5-16(19)6-3-13/h2-9H,12H2,1H3. The Labute approximate surface area is 133 Å². The zero-order valence-corrected chi connectivity index (χ0v) is 12.4. The quantitative estimate of drug-likeness (QED) is 0.787. The summed E-state index contributed by atoms with van der Waals surface area (Å²) in [5.74, 6) is 0.703. The third-order valence-electron chi connectivity index (χ3n) is 3.05. The van der Waals surface area contributed by atoms with Gasteiger partial charge in [0.25, 0.3) is 0 Å². The molecule has 2 rings (SSSR count). The van der Waals surface area contributed by atoms with Gasteiger partial charge in [-0.05, 0) is 41.5 Å². The zero-order valence-electron chi connectivity index (χ0n) is 12.4. The van der Waals surface area contributed by atoms with E-state index in [0.717, 1.165) is 5.56 Å². The number of methoxy groups -OCH3 is 1. The molecule has 2 aromatic carbocycles. The van der Waals surface area contributed by atoms with Crippen LogP contribution < -0.4 is 9.47 Å². The number of ether oxygens (including phenoxy) is 2. The minimum Gasteiger partial charge on any atom is -0.493 e. The molecule has 0 heterocycles. The topological polar surface area (TPSA) is 66.0 Å². The second-order valence-corrected chi connectivity index (χ2v) is 4.61. The third kappa shape index (κ3) is 4.33. The van der Waals surface area contributed by atoms with Crippen molar-refractivity contribution in [3.8, 4) is 23.6 Å². The first-order valence-corrected chi connectivity index (χ1v) is 6.73. The minimum absolute atomic E-state index is 0.00651. The van der Waals surface area contributed by atoms with E-state index >= 15 is 0 Å². The molecule has 5 heteroatoms. The van der Waals surface area contributed by atoms with Gasteiger partial charge in [-0.1, -0.05) is 18.2 Å². The van der Waals surface area contributed by atoms with E-state index < -0.39 is 0 Å². The number of halogens is 1. The van der Waals surface area contributed by atoms with Crippen LogP contribution in [0.1, 0.15) is 11.1 Å². The van der Waals surface area contributed by atoms with Crippen LogP contribution in [0, 0.1) is 28.5 Å². The second-order valence-electron chi connectivity index (χ2n) is 4.61. The lowest BCUT2D eigenvalue weighted by atomic mass is 10.1. The summed E-state index contributed by atoms with van der Waals surface area (Å²) in [6.07, 6.45) is 1.46.